The van der Waals surface area contributed by atoms with Gasteiger partial charge in [-0.15, -0.1) is 0 Å². The summed E-state index contributed by atoms with van der Waals surface area (Å²) in [6.45, 7) is 0. The molecule has 4 heteroatoms. The average molecular weight is 595 g/mol. The molecule has 0 aromatic carbocycles. The van der Waals surface area contributed by atoms with Gasteiger partial charge in [-0.05, 0) is 0 Å². The van der Waals surface area contributed by atoms with Gasteiger partial charge in [-0.3, -0.25) is 0 Å². The summed E-state index contributed by atoms with van der Waals surface area (Å²) < 4.78 is 0. The van der Waals surface area contributed by atoms with Gasteiger partial charge in [0.15, 0.2) is 0 Å². The molecule has 0 atom stereocenters. The molecular formula is H7BiErGeLa. The minimum Gasteiger partial charge on any atom is 0 e. The number of rotatable bonds is 0. The molecule has 0 nitrogen and oxygen atoms in total. The van der Waals surface area contributed by atoms with Crippen molar-refractivity contribution >= 4 is 43.8 Å². The maximum Gasteiger partial charge on any atom is 0 e. The van der Waals surface area contributed by atoms with Crippen molar-refractivity contribution in [3.63, 3.8) is 0 Å². The fourth-order valence-electron chi connectivity index (χ4n) is 0. The Balaban J connectivity index is 0. The van der Waals surface area contributed by atoms with Crippen LogP contribution in [-0.2, 0) is 0 Å². The third kappa shape index (κ3) is 9.29. The van der Waals surface area contributed by atoms with Crippen molar-refractivity contribution in [2.75, 3.05) is 0 Å². The molecule has 0 aliphatic heterocycles. The van der Waals surface area contributed by atoms with Crippen LogP contribution < -0.4 is 0 Å². The van der Waals surface area contributed by atoms with Crippen LogP contribution in [0.15, 0.2) is 0 Å². The van der Waals surface area contributed by atoms with Crippen molar-refractivity contribution in [2.24, 2.45) is 0 Å². The first-order chi connectivity index (χ1) is 0. The molecule has 0 saturated heterocycles. The van der Waals surface area contributed by atoms with Crippen LogP contribution in [0.4, 0.5) is 0 Å². The molecule has 0 bridgehead atoms. The van der Waals surface area contributed by atoms with E-state index in [1.807, 2.05) is 0 Å². The van der Waals surface area contributed by atoms with Gasteiger partial charge in [-0.2, -0.15) is 0 Å². The zero-order valence-corrected chi connectivity index (χ0v) is 12.5. The summed E-state index contributed by atoms with van der Waals surface area (Å²) in [7, 11) is 0. The molecule has 0 N–H and O–H groups in total. The van der Waals surface area contributed by atoms with Gasteiger partial charge in [0.05, 0.1) is 0 Å². The van der Waals surface area contributed by atoms with Crippen molar-refractivity contribution in [1.29, 1.82) is 0 Å². The Morgan fingerprint density at radius 3 is 1.00 bits per heavy atom. The Kier molecular flexibility index (Phi) is 98.0. The molecule has 0 amide bonds. The third-order valence-corrected chi connectivity index (χ3v) is 0. The molecule has 0 fully saturated rings. The Morgan fingerprint density at radius 2 is 1.00 bits per heavy atom. The molecule has 0 aromatic heterocycles. The van der Waals surface area contributed by atoms with Gasteiger partial charge in [0.25, 0.3) is 0 Å². The SMILES string of the molecule is [BiH3].[Er].[GeH4].[La]. The molecule has 1 radical (unpaired) electrons. The molecule has 0 aliphatic carbocycles. The van der Waals surface area contributed by atoms with E-state index in [0.717, 1.165) is 0 Å². The van der Waals surface area contributed by atoms with Crippen LogP contribution >= 0.6 is 0 Å². The first-order valence-electron chi connectivity index (χ1n) is 0. The van der Waals surface area contributed by atoms with Gasteiger partial charge in [-0.1, -0.05) is 0 Å². The molecular weight excluding hydrogens is 588 g/mol. The predicted octanol–water partition coefficient (Wildman–Crippen LogP) is -2.64. The summed E-state index contributed by atoms with van der Waals surface area (Å²) in [6, 6.07) is 0. The quantitative estimate of drug-likeness (QED) is 0.270. The Morgan fingerprint density at radius 1 is 1.00 bits per heavy atom. The Bertz CT molecular complexity index is 8.00. The molecule has 0 spiro atoms. The van der Waals surface area contributed by atoms with E-state index in [4.69, 9.17) is 0 Å². The second-order valence-corrected chi connectivity index (χ2v) is 0. The fraction of sp³-hybridized carbons (Fsp3) is 0. The van der Waals surface area contributed by atoms with E-state index < -0.39 is 0 Å². The van der Waals surface area contributed by atoms with Crippen molar-refractivity contribution in [3.8, 4) is 0 Å². The normalized spacial score (nSPS) is 0. The second kappa shape index (κ2) is 15.8. The van der Waals surface area contributed by atoms with E-state index in [1.54, 1.807) is 0 Å². The Labute approximate surface area is 114 Å². The summed E-state index contributed by atoms with van der Waals surface area (Å²) in [5.74, 6) is 0. The zero-order valence-electron chi connectivity index (χ0n) is 1.57. The summed E-state index contributed by atoms with van der Waals surface area (Å²) in [6.07, 6.45) is 0. The molecule has 0 rings (SSSR count). The summed E-state index contributed by atoms with van der Waals surface area (Å²) in [5.41, 5.74) is 0. The topological polar surface area (TPSA) is 0 Å². The van der Waals surface area contributed by atoms with Crippen molar-refractivity contribution in [2.45, 2.75) is 0 Å². The smallest absolute Gasteiger partial charge is 0 e. The molecule has 0 unspecified atom stereocenters. The van der Waals surface area contributed by atoms with Gasteiger partial charge in [0.1, 0.15) is 0 Å². The first-order valence-corrected chi connectivity index (χ1v) is 0. The molecule has 0 aromatic rings. The summed E-state index contributed by atoms with van der Waals surface area (Å²) in [5, 5.41) is 0. The zero-order chi connectivity index (χ0) is 0. The summed E-state index contributed by atoms with van der Waals surface area (Å²) >= 11 is 0. The molecule has 0 aliphatic rings. The molecule has 31 valence electrons. The minimum absolute atomic E-state index is 0. The monoisotopic (exact) mass is 595 g/mol. The van der Waals surface area contributed by atoms with E-state index in [0.29, 0.717) is 0 Å². The van der Waals surface area contributed by atoms with E-state index >= 15 is 0 Å². The third-order valence-electron chi connectivity index (χ3n) is 0. The average Bonchev–Trinajstić information content (AvgIpc) is 0. The van der Waals surface area contributed by atoms with Crippen molar-refractivity contribution in [3.05, 3.63) is 0 Å². The van der Waals surface area contributed by atoms with Crippen LogP contribution in [0.25, 0.3) is 0 Å². The van der Waals surface area contributed by atoms with Crippen molar-refractivity contribution < 1.29 is 72.9 Å². The van der Waals surface area contributed by atoms with Gasteiger partial charge in [0, 0.05) is 72.9 Å². The summed E-state index contributed by atoms with van der Waals surface area (Å²) in [4.78, 5) is 0. The second-order valence-electron chi connectivity index (χ2n) is 0. The van der Waals surface area contributed by atoms with Crippen molar-refractivity contribution in [1.82, 2.24) is 0 Å². The predicted molar refractivity (Wildman–Crippen MR) is 21.3 cm³/mol. The van der Waals surface area contributed by atoms with Crippen LogP contribution in [-0.4, -0.2) is 43.8 Å². The Hall–Kier alpha value is 3.87. The van der Waals surface area contributed by atoms with Crippen LogP contribution in [0.2, 0.25) is 0 Å². The largest absolute Gasteiger partial charge is 0 e. The van der Waals surface area contributed by atoms with E-state index in [1.165, 1.54) is 0 Å². The van der Waals surface area contributed by atoms with Gasteiger partial charge < -0.3 is 0 Å². The number of hydrogen-bond donors (Lipinski definition) is 0. The van der Waals surface area contributed by atoms with Crippen LogP contribution in [0, 0.1) is 72.9 Å². The van der Waals surface area contributed by atoms with Gasteiger partial charge >= 0.3 is 43.8 Å². The minimum atomic E-state index is 0. The maximum atomic E-state index is 0. The van der Waals surface area contributed by atoms with Crippen LogP contribution in [0.5, 0.6) is 0 Å². The maximum absolute atomic E-state index is 0. The van der Waals surface area contributed by atoms with Crippen LogP contribution in [0.3, 0.4) is 0 Å². The standard InChI is InChI=1S/Bi.Er.GeH4.La.3H/h;;1H4;;;;. The molecule has 0 heterocycles. The molecule has 4 heavy (non-hydrogen) atoms. The van der Waals surface area contributed by atoms with E-state index in [9.17, 15) is 0 Å². The van der Waals surface area contributed by atoms with Gasteiger partial charge in [-0.25, -0.2) is 0 Å². The van der Waals surface area contributed by atoms with Crippen LogP contribution in [0.1, 0.15) is 0 Å². The first kappa shape index (κ1) is 24.8. The fourth-order valence-corrected chi connectivity index (χ4v) is 0. The van der Waals surface area contributed by atoms with Gasteiger partial charge in [0.2, 0.25) is 0 Å². The number of hydrogen-bond acceptors (Lipinski definition) is 0. The van der Waals surface area contributed by atoms with E-state index in [2.05, 4.69) is 0 Å². The van der Waals surface area contributed by atoms with E-state index in [-0.39, 0.29) is 117 Å². The molecule has 0 saturated carbocycles.